The van der Waals surface area contributed by atoms with Crippen LogP contribution in [0.25, 0.3) is 11.1 Å². The van der Waals surface area contributed by atoms with Gasteiger partial charge in [0.25, 0.3) is 0 Å². The Hall–Kier alpha value is -3.39. The van der Waals surface area contributed by atoms with Crippen LogP contribution in [0.4, 0.5) is 4.79 Å². The Balaban J connectivity index is 1.30. The summed E-state index contributed by atoms with van der Waals surface area (Å²) >= 11 is 0. The van der Waals surface area contributed by atoms with Gasteiger partial charge in [-0.3, -0.25) is 9.59 Å². The van der Waals surface area contributed by atoms with Crippen molar-refractivity contribution in [2.45, 2.75) is 31.2 Å². The Morgan fingerprint density at radius 2 is 1.60 bits per heavy atom. The molecular weight excluding hydrogens is 446 g/mol. The maximum Gasteiger partial charge on any atom is 0.407 e. The second kappa shape index (κ2) is 10.9. The lowest BCUT2D eigenvalue weighted by molar-refractivity contribution is -0.139. The molecular formula is C27H33N3O5. The maximum atomic E-state index is 12.8. The van der Waals surface area contributed by atoms with E-state index in [1.165, 1.54) is 0 Å². The molecule has 2 aromatic rings. The number of carbonyl (C=O) groups excluding carboxylic acids is 2. The lowest BCUT2D eigenvalue weighted by atomic mass is 9.73. The average molecular weight is 480 g/mol. The average Bonchev–Trinajstić information content (AvgIpc) is 3.11. The van der Waals surface area contributed by atoms with Gasteiger partial charge >= 0.3 is 12.1 Å². The molecule has 0 radical (unpaired) electrons. The largest absolute Gasteiger partial charge is 0.481 e. The minimum absolute atomic E-state index is 0.0494. The topological polar surface area (TPSA) is 108 Å². The molecule has 0 aromatic heterocycles. The van der Waals surface area contributed by atoms with Crippen molar-refractivity contribution in [2.75, 3.05) is 33.8 Å². The molecule has 0 bridgehead atoms. The maximum absolute atomic E-state index is 12.8. The van der Waals surface area contributed by atoms with E-state index in [4.69, 9.17) is 9.84 Å². The monoisotopic (exact) mass is 479 g/mol. The van der Waals surface area contributed by atoms with Gasteiger partial charge in [0.15, 0.2) is 0 Å². The Kier molecular flexibility index (Phi) is 7.70. The van der Waals surface area contributed by atoms with Crippen LogP contribution in [0.1, 0.15) is 36.3 Å². The summed E-state index contributed by atoms with van der Waals surface area (Å²) in [6.45, 7) is 0.997. The van der Waals surface area contributed by atoms with Crippen LogP contribution in [0.2, 0.25) is 0 Å². The number of benzene rings is 2. The Bertz CT molecular complexity index is 1030. The smallest absolute Gasteiger partial charge is 0.407 e. The van der Waals surface area contributed by atoms with Crippen LogP contribution in [0.3, 0.4) is 0 Å². The van der Waals surface area contributed by atoms with Crippen molar-refractivity contribution < 1.29 is 24.2 Å². The third-order valence-corrected chi connectivity index (χ3v) is 6.86. The molecule has 35 heavy (non-hydrogen) atoms. The molecule has 2 aliphatic rings. The first-order chi connectivity index (χ1) is 16.8. The molecule has 1 saturated carbocycles. The van der Waals surface area contributed by atoms with Gasteiger partial charge in [-0.05, 0) is 61.0 Å². The lowest BCUT2D eigenvalue weighted by Crippen LogP contribution is -2.53. The SMILES string of the molecule is CN(C)C[C@H](NC(=O)OCC1c2ccccc2-c2ccccc21)C(=O)NCC1CC(CC(=O)O)C1. The van der Waals surface area contributed by atoms with Crippen LogP contribution in [-0.2, 0) is 14.3 Å². The number of carboxylic acid groups (broad SMARTS) is 1. The second-order valence-corrected chi connectivity index (χ2v) is 9.83. The first-order valence-corrected chi connectivity index (χ1v) is 12.1. The number of ether oxygens (including phenoxy) is 1. The number of rotatable bonds is 10. The standard InChI is InChI=1S/C27H33N3O5/c1-30(2)15-24(26(33)28-14-18-11-17(12-18)13-25(31)32)29-27(34)35-16-23-21-9-5-3-7-19(21)20-8-4-6-10-22(20)23/h3-10,17-18,23-24H,11-16H2,1-2H3,(H,28,33)(H,29,34)(H,31,32)/t17?,18?,24-/m0/s1. The summed E-state index contributed by atoms with van der Waals surface area (Å²) in [6, 6.07) is 15.5. The van der Waals surface area contributed by atoms with E-state index in [1.54, 1.807) is 0 Å². The molecule has 1 atom stereocenters. The quantitative estimate of drug-likeness (QED) is 0.483. The molecule has 0 aliphatic heterocycles. The molecule has 8 heteroatoms. The van der Waals surface area contributed by atoms with Gasteiger partial charge in [0.05, 0.1) is 0 Å². The molecule has 8 nitrogen and oxygen atoms in total. The minimum atomic E-state index is -0.782. The van der Waals surface area contributed by atoms with Gasteiger partial charge in [0.2, 0.25) is 5.91 Å². The summed E-state index contributed by atoms with van der Waals surface area (Å²) in [5.41, 5.74) is 4.57. The predicted octanol–water partition coefficient (Wildman–Crippen LogP) is 3.07. The zero-order valence-corrected chi connectivity index (χ0v) is 20.2. The molecule has 4 rings (SSSR count). The van der Waals surface area contributed by atoms with Crippen LogP contribution in [0, 0.1) is 11.8 Å². The normalized spacial score (nSPS) is 19.3. The molecule has 3 N–H and O–H groups in total. The van der Waals surface area contributed by atoms with Crippen LogP contribution in [-0.4, -0.2) is 67.8 Å². The number of hydrogen-bond donors (Lipinski definition) is 3. The van der Waals surface area contributed by atoms with Gasteiger partial charge in [0.1, 0.15) is 12.6 Å². The van der Waals surface area contributed by atoms with Gasteiger partial charge < -0.3 is 25.4 Å². The van der Waals surface area contributed by atoms with E-state index in [-0.39, 0.29) is 36.7 Å². The highest BCUT2D eigenvalue weighted by atomic mass is 16.5. The first-order valence-electron chi connectivity index (χ1n) is 12.1. The number of fused-ring (bicyclic) bond motifs is 3. The number of nitrogens with zero attached hydrogens (tertiary/aromatic N) is 1. The Morgan fingerprint density at radius 3 is 2.17 bits per heavy atom. The van der Waals surface area contributed by atoms with Crippen molar-refractivity contribution in [2.24, 2.45) is 11.8 Å². The molecule has 0 heterocycles. The van der Waals surface area contributed by atoms with Crippen molar-refractivity contribution in [3.8, 4) is 11.1 Å². The van der Waals surface area contributed by atoms with Crippen LogP contribution >= 0.6 is 0 Å². The molecule has 0 unspecified atom stereocenters. The van der Waals surface area contributed by atoms with E-state index < -0.39 is 18.1 Å². The number of amides is 2. The zero-order valence-electron chi connectivity index (χ0n) is 20.2. The van der Waals surface area contributed by atoms with Crippen molar-refractivity contribution >= 4 is 18.0 Å². The number of nitrogens with one attached hydrogen (secondary N) is 2. The second-order valence-electron chi connectivity index (χ2n) is 9.83. The first kappa shape index (κ1) is 24.7. The Labute approximate surface area is 205 Å². The number of carboxylic acids is 1. The van der Waals surface area contributed by atoms with E-state index in [2.05, 4.69) is 34.9 Å². The number of hydrogen-bond acceptors (Lipinski definition) is 5. The van der Waals surface area contributed by atoms with Gasteiger partial charge in [-0.2, -0.15) is 0 Å². The number of aliphatic carboxylic acids is 1. The molecule has 0 spiro atoms. The van der Waals surface area contributed by atoms with Gasteiger partial charge in [-0.1, -0.05) is 48.5 Å². The summed E-state index contributed by atoms with van der Waals surface area (Å²) in [6.07, 6.45) is 1.14. The summed E-state index contributed by atoms with van der Waals surface area (Å²) in [5.74, 6) is -0.639. The third-order valence-electron chi connectivity index (χ3n) is 6.86. The van der Waals surface area contributed by atoms with Crippen LogP contribution in [0.15, 0.2) is 48.5 Å². The van der Waals surface area contributed by atoms with E-state index in [0.717, 1.165) is 35.1 Å². The van der Waals surface area contributed by atoms with Crippen LogP contribution in [0.5, 0.6) is 0 Å². The highest BCUT2D eigenvalue weighted by molar-refractivity contribution is 5.86. The molecule has 2 aromatic carbocycles. The summed E-state index contributed by atoms with van der Waals surface area (Å²) in [5, 5.41) is 14.5. The van der Waals surface area contributed by atoms with Crippen LogP contribution < -0.4 is 10.6 Å². The highest BCUT2D eigenvalue weighted by Crippen LogP contribution is 2.44. The number of likely N-dealkylation sites (N-methyl/N-ethyl adjacent to an activating group) is 1. The summed E-state index contributed by atoms with van der Waals surface area (Å²) < 4.78 is 5.61. The lowest BCUT2D eigenvalue weighted by Gasteiger charge is -2.35. The van der Waals surface area contributed by atoms with E-state index in [9.17, 15) is 14.4 Å². The van der Waals surface area contributed by atoms with Gasteiger partial charge in [0, 0.05) is 25.4 Å². The molecule has 186 valence electrons. The molecule has 2 amide bonds. The highest BCUT2D eigenvalue weighted by Gasteiger charge is 2.32. The van der Waals surface area contributed by atoms with Crippen molar-refractivity contribution in [1.29, 1.82) is 0 Å². The minimum Gasteiger partial charge on any atom is -0.481 e. The fourth-order valence-electron chi connectivity index (χ4n) is 5.16. The number of carbonyl (C=O) groups is 3. The van der Waals surface area contributed by atoms with E-state index >= 15 is 0 Å². The fourth-order valence-corrected chi connectivity index (χ4v) is 5.16. The fraction of sp³-hybridized carbons (Fsp3) is 0.444. The zero-order chi connectivity index (χ0) is 24.9. The van der Waals surface area contributed by atoms with Crippen molar-refractivity contribution in [3.05, 3.63) is 59.7 Å². The Morgan fingerprint density at radius 1 is 1.00 bits per heavy atom. The summed E-state index contributed by atoms with van der Waals surface area (Å²) in [4.78, 5) is 38.1. The number of alkyl carbamates (subject to hydrolysis) is 1. The van der Waals surface area contributed by atoms with Crippen molar-refractivity contribution in [1.82, 2.24) is 15.5 Å². The predicted molar refractivity (Wildman–Crippen MR) is 132 cm³/mol. The molecule has 1 fully saturated rings. The summed E-state index contributed by atoms with van der Waals surface area (Å²) in [7, 11) is 3.67. The van der Waals surface area contributed by atoms with E-state index in [0.29, 0.717) is 13.1 Å². The molecule has 0 saturated heterocycles. The molecule has 2 aliphatic carbocycles. The van der Waals surface area contributed by atoms with Crippen molar-refractivity contribution in [3.63, 3.8) is 0 Å². The third kappa shape index (κ3) is 6.00. The van der Waals surface area contributed by atoms with Gasteiger partial charge in [-0.15, -0.1) is 0 Å². The van der Waals surface area contributed by atoms with E-state index in [1.807, 2.05) is 43.3 Å². The van der Waals surface area contributed by atoms with Gasteiger partial charge in [-0.25, -0.2) is 4.79 Å².